The molecule has 0 radical (unpaired) electrons. The molecular formula is C15H26Cl2N2O5. The Kier molecular flexibility index (Phi) is 11.8. The smallest absolute Gasteiger partial charge is 0.328 e. The van der Waals surface area contributed by atoms with E-state index in [1.54, 1.807) is 6.92 Å². The van der Waals surface area contributed by atoms with Gasteiger partial charge in [0.2, 0.25) is 0 Å². The summed E-state index contributed by atoms with van der Waals surface area (Å²) in [5.74, 6) is -0.450. The van der Waals surface area contributed by atoms with Crippen LogP contribution in [0.1, 0.15) is 39.5 Å². The number of ether oxygens (including phenoxy) is 2. The van der Waals surface area contributed by atoms with Crippen LogP contribution in [-0.4, -0.2) is 60.6 Å². The quantitative estimate of drug-likeness (QED) is 0.453. The number of carbonyl (C=O) groups excluding carboxylic acids is 3. The van der Waals surface area contributed by atoms with E-state index in [2.05, 4.69) is 5.32 Å². The summed E-state index contributed by atoms with van der Waals surface area (Å²) in [5.41, 5.74) is 0. The summed E-state index contributed by atoms with van der Waals surface area (Å²) in [4.78, 5) is 34.4. The third kappa shape index (κ3) is 7.23. The van der Waals surface area contributed by atoms with Crippen LogP contribution >= 0.6 is 24.0 Å². The molecule has 2 rings (SSSR count). The van der Waals surface area contributed by atoms with Gasteiger partial charge in [-0.05, 0) is 57.7 Å². The largest absolute Gasteiger partial charge is 0.465 e. The monoisotopic (exact) mass is 384 g/mol. The average Bonchev–Trinajstić information content (AvgIpc) is 3.20. The predicted molar refractivity (Wildman–Crippen MR) is 92.5 cm³/mol. The minimum Gasteiger partial charge on any atom is -0.465 e. The lowest BCUT2D eigenvalue weighted by atomic mass is 10.2. The lowest BCUT2D eigenvalue weighted by Crippen LogP contribution is -2.38. The van der Waals surface area contributed by atoms with Crippen molar-refractivity contribution in [1.82, 2.24) is 10.2 Å². The number of esters is 2. The SMILES string of the molecule is CCOC(=O)[C@H]1CCCN1.CCOC(=O)[C@H]1CCCN1C(=O)Cl.Cl. The third-order valence-electron chi connectivity index (χ3n) is 3.67. The minimum absolute atomic E-state index is 0. The Morgan fingerprint density at radius 1 is 1.08 bits per heavy atom. The van der Waals surface area contributed by atoms with Gasteiger partial charge in [-0.3, -0.25) is 9.59 Å². The number of rotatable bonds is 4. The Balaban J connectivity index is 0.000000436. The molecule has 0 aromatic rings. The van der Waals surface area contributed by atoms with E-state index >= 15 is 0 Å². The molecule has 2 saturated heterocycles. The van der Waals surface area contributed by atoms with Crippen molar-refractivity contribution in [3.8, 4) is 0 Å². The number of amides is 1. The summed E-state index contributed by atoms with van der Waals surface area (Å²) in [6, 6.07) is -0.495. The molecule has 24 heavy (non-hydrogen) atoms. The van der Waals surface area contributed by atoms with Gasteiger partial charge in [-0.1, -0.05) is 0 Å². The molecule has 1 N–H and O–H groups in total. The van der Waals surface area contributed by atoms with Gasteiger partial charge in [0.25, 0.3) is 0 Å². The topological polar surface area (TPSA) is 84.9 Å². The number of nitrogens with zero attached hydrogens (tertiary/aromatic N) is 1. The van der Waals surface area contributed by atoms with Crippen molar-refractivity contribution in [3.63, 3.8) is 0 Å². The van der Waals surface area contributed by atoms with Crippen molar-refractivity contribution in [2.45, 2.75) is 51.6 Å². The molecular weight excluding hydrogens is 359 g/mol. The maximum atomic E-state index is 11.3. The van der Waals surface area contributed by atoms with Crippen molar-refractivity contribution in [2.75, 3.05) is 26.3 Å². The van der Waals surface area contributed by atoms with E-state index in [9.17, 15) is 14.4 Å². The first-order chi connectivity index (χ1) is 11.0. The van der Waals surface area contributed by atoms with Crippen molar-refractivity contribution in [1.29, 1.82) is 0 Å². The number of hydrogen-bond donors (Lipinski definition) is 1. The maximum absolute atomic E-state index is 11.3. The van der Waals surface area contributed by atoms with Crippen molar-refractivity contribution >= 4 is 41.3 Å². The van der Waals surface area contributed by atoms with Crippen molar-refractivity contribution in [3.05, 3.63) is 0 Å². The average molecular weight is 385 g/mol. The zero-order chi connectivity index (χ0) is 17.2. The zero-order valence-corrected chi connectivity index (χ0v) is 15.7. The second-order valence-electron chi connectivity index (χ2n) is 5.26. The van der Waals surface area contributed by atoms with Crippen LogP contribution in [0.25, 0.3) is 0 Å². The summed E-state index contributed by atoms with van der Waals surface area (Å²) in [6.45, 7) is 5.87. The highest BCUT2D eigenvalue weighted by Crippen LogP contribution is 2.20. The van der Waals surface area contributed by atoms with E-state index in [-0.39, 0.29) is 30.4 Å². The molecule has 0 aromatic heterocycles. The fourth-order valence-corrected chi connectivity index (χ4v) is 2.79. The van der Waals surface area contributed by atoms with Crippen LogP contribution in [0.2, 0.25) is 0 Å². The number of halogens is 2. The van der Waals surface area contributed by atoms with Gasteiger partial charge >= 0.3 is 17.3 Å². The zero-order valence-electron chi connectivity index (χ0n) is 14.1. The third-order valence-corrected chi connectivity index (χ3v) is 3.89. The molecule has 2 aliphatic rings. The second kappa shape index (κ2) is 12.3. The van der Waals surface area contributed by atoms with Crippen LogP contribution in [-0.2, 0) is 19.1 Å². The molecule has 0 spiro atoms. The van der Waals surface area contributed by atoms with E-state index in [4.69, 9.17) is 21.1 Å². The highest BCUT2D eigenvalue weighted by Gasteiger charge is 2.34. The summed E-state index contributed by atoms with van der Waals surface area (Å²) in [7, 11) is 0. The first-order valence-corrected chi connectivity index (χ1v) is 8.41. The lowest BCUT2D eigenvalue weighted by molar-refractivity contribution is -0.147. The molecule has 1 amide bonds. The molecule has 7 nitrogen and oxygen atoms in total. The van der Waals surface area contributed by atoms with Gasteiger partial charge in [-0.2, -0.15) is 0 Å². The Hall–Kier alpha value is -1.05. The van der Waals surface area contributed by atoms with Crippen molar-refractivity contribution in [2.24, 2.45) is 0 Å². The molecule has 0 saturated carbocycles. The second-order valence-corrected chi connectivity index (χ2v) is 5.58. The molecule has 0 bridgehead atoms. The lowest BCUT2D eigenvalue weighted by Gasteiger charge is -2.19. The van der Waals surface area contributed by atoms with E-state index in [0.717, 1.165) is 25.8 Å². The van der Waals surface area contributed by atoms with Gasteiger partial charge < -0.3 is 19.7 Å². The first-order valence-electron chi connectivity index (χ1n) is 8.04. The highest BCUT2D eigenvalue weighted by molar-refractivity contribution is 6.63. The predicted octanol–water partition coefficient (Wildman–Crippen LogP) is 2.10. The molecule has 2 atom stereocenters. The van der Waals surface area contributed by atoms with Gasteiger partial charge in [0.05, 0.1) is 13.2 Å². The van der Waals surface area contributed by atoms with Crippen LogP contribution < -0.4 is 5.32 Å². The van der Waals surface area contributed by atoms with Gasteiger partial charge in [-0.25, -0.2) is 4.79 Å². The molecule has 0 aromatic carbocycles. The highest BCUT2D eigenvalue weighted by atomic mass is 35.5. The number of nitrogens with one attached hydrogen (secondary N) is 1. The molecule has 140 valence electrons. The molecule has 2 fully saturated rings. The summed E-state index contributed by atoms with van der Waals surface area (Å²) < 4.78 is 9.64. The molecule has 0 aliphatic carbocycles. The van der Waals surface area contributed by atoms with E-state index < -0.39 is 11.4 Å². The normalized spacial score (nSPS) is 22.0. The Bertz CT molecular complexity index is 417. The Labute approximate surface area is 153 Å². The number of hydrogen-bond acceptors (Lipinski definition) is 6. The van der Waals surface area contributed by atoms with Gasteiger partial charge in [0.15, 0.2) is 0 Å². The summed E-state index contributed by atoms with van der Waals surface area (Å²) in [6.07, 6.45) is 3.47. The summed E-state index contributed by atoms with van der Waals surface area (Å²) >= 11 is 5.30. The number of likely N-dealkylation sites (tertiary alicyclic amines) is 1. The first kappa shape index (κ1) is 22.9. The van der Waals surface area contributed by atoms with E-state index in [1.165, 1.54) is 4.90 Å². The van der Waals surface area contributed by atoms with Crippen LogP contribution in [0.15, 0.2) is 0 Å². The van der Waals surface area contributed by atoms with Gasteiger partial charge in [0.1, 0.15) is 12.1 Å². The molecule has 9 heteroatoms. The van der Waals surface area contributed by atoms with Crippen LogP contribution in [0.4, 0.5) is 4.79 Å². The Morgan fingerprint density at radius 2 is 1.71 bits per heavy atom. The maximum Gasteiger partial charge on any atom is 0.328 e. The van der Waals surface area contributed by atoms with Crippen LogP contribution in [0.3, 0.4) is 0 Å². The van der Waals surface area contributed by atoms with Crippen molar-refractivity contribution < 1.29 is 23.9 Å². The van der Waals surface area contributed by atoms with Gasteiger partial charge in [-0.15, -0.1) is 12.4 Å². The summed E-state index contributed by atoms with van der Waals surface area (Å²) in [5, 5.41) is 2.49. The standard InChI is InChI=1S/C8H12ClNO3.C7H13NO2.ClH/c1-2-13-7(11)6-4-3-5-10(6)8(9)12;1-2-10-7(9)6-4-3-5-8-6;/h6H,2-5H2,1H3;6,8H,2-5H2,1H3;1H/t2*6-;/m11./s1. The molecule has 2 aliphatic heterocycles. The fourth-order valence-electron chi connectivity index (χ4n) is 2.59. The Morgan fingerprint density at radius 3 is 2.21 bits per heavy atom. The fraction of sp³-hybridized carbons (Fsp3) is 0.800. The van der Waals surface area contributed by atoms with Gasteiger partial charge in [0, 0.05) is 6.54 Å². The number of carbonyl (C=O) groups is 3. The van der Waals surface area contributed by atoms with E-state index in [0.29, 0.717) is 26.2 Å². The minimum atomic E-state index is -0.574. The van der Waals surface area contributed by atoms with E-state index in [1.807, 2.05) is 6.92 Å². The van der Waals surface area contributed by atoms with Crippen LogP contribution in [0.5, 0.6) is 0 Å². The molecule has 0 unspecified atom stereocenters. The molecule has 2 heterocycles. The van der Waals surface area contributed by atoms with Crippen LogP contribution in [0, 0.1) is 0 Å².